The molecule has 1 saturated carbocycles. The molecule has 0 heterocycles. The zero-order valence-electron chi connectivity index (χ0n) is 10.8. The van der Waals surface area contributed by atoms with Crippen LogP contribution in [0.15, 0.2) is 17.0 Å². The van der Waals surface area contributed by atoms with Crippen molar-refractivity contribution in [1.29, 1.82) is 0 Å². The number of hydrogen-bond acceptors (Lipinski definition) is 4. The fourth-order valence-corrected chi connectivity index (χ4v) is 4.69. The van der Waals surface area contributed by atoms with Gasteiger partial charge in [0.1, 0.15) is 4.90 Å². The van der Waals surface area contributed by atoms with Crippen LogP contribution in [0.4, 0.5) is 0 Å². The summed E-state index contributed by atoms with van der Waals surface area (Å²) in [5.74, 6) is 0. The molecule has 0 radical (unpaired) electrons. The van der Waals surface area contributed by atoms with E-state index in [1.807, 2.05) is 6.26 Å². The second-order valence-electron chi connectivity index (χ2n) is 4.75. The zero-order chi connectivity index (χ0) is 15.0. The second-order valence-corrected chi connectivity index (χ2v) is 8.57. The van der Waals surface area contributed by atoms with Gasteiger partial charge in [0.2, 0.25) is 10.0 Å². The van der Waals surface area contributed by atoms with Crippen molar-refractivity contribution in [2.45, 2.75) is 29.1 Å². The molecule has 1 fully saturated rings. The van der Waals surface area contributed by atoms with Crippen LogP contribution >= 0.6 is 35.0 Å². The fraction of sp³-hybridized carbons (Fsp3) is 0.500. The average molecular weight is 356 g/mol. The molecule has 1 aromatic rings. The molecule has 4 nitrogen and oxygen atoms in total. The van der Waals surface area contributed by atoms with E-state index in [1.54, 1.807) is 11.8 Å². The number of aliphatic hydroxyl groups excluding tert-OH is 1. The van der Waals surface area contributed by atoms with Gasteiger partial charge >= 0.3 is 0 Å². The van der Waals surface area contributed by atoms with Gasteiger partial charge in [-0.15, -0.1) is 0 Å². The van der Waals surface area contributed by atoms with E-state index in [2.05, 4.69) is 4.72 Å². The summed E-state index contributed by atoms with van der Waals surface area (Å²) in [6.07, 6.45) is 3.97. The van der Waals surface area contributed by atoms with Crippen molar-refractivity contribution in [3.8, 4) is 0 Å². The Morgan fingerprint density at radius 1 is 1.40 bits per heavy atom. The lowest BCUT2D eigenvalue weighted by Crippen LogP contribution is -2.32. The standard InChI is InChI=1S/C12H15Cl2NO3S2/c1-19-12(2-3-12)7-15-20(17,18)10-5-9(13)4-8(6-16)11(10)14/h4-5,15-16H,2-3,6-7H2,1H3. The minimum Gasteiger partial charge on any atom is -0.392 e. The summed E-state index contributed by atoms with van der Waals surface area (Å²) < 4.78 is 27.2. The van der Waals surface area contributed by atoms with Gasteiger partial charge in [-0.2, -0.15) is 11.8 Å². The molecule has 112 valence electrons. The molecule has 1 aliphatic carbocycles. The van der Waals surface area contributed by atoms with Crippen molar-refractivity contribution in [3.05, 3.63) is 27.7 Å². The normalized spacial score (nSPS) is 17.2. The van der Waals surface area contributed by atoms with E-state index >= 15 is 0 Å². The molecular formula is C12H15Cl2NO3S2. The molecule has 0 bridgehead atoms. The van der Waals surface area contributed by atoms with Gasteiger partial charge in [0.15, 0.2) is 0 Å². The first-order chi connectivity index (χ1) is 9.33. The Bertz CT molecular complexity index is 615. The summed E-state index contributed by atoms with van der Waals surface area (Å²) in [5, 5.41) is 9.42. The molecule has 8 heteroatoms. The SMILES string of the molecule is CSC1(CNS(=O)(=O)c2cc(Cl)cc(CO)c2Cl)CC1. The monoisotopic (exact) mass is 355 g/mol. The van der Waals surface area contributed by atoms with Crippen molar-refractivity contribution in [3.63, 3.8) is 0 Å². The Morgan fingerprint density at radius 3 is 2.55 bits per heavy atom. The maximum Gasteiger partial charge on any atom is 0.242 e. The average Bonchev–Trinajstić information content (AvgIpc) is 3.19. The lowest BCUT2D eigenvalue weighted by molar-refractivity contribution is 0.281. The third kappa shape index (κ3) is 3.43. The predicted octanol–water partition coefficient (Wildman–Crippen LogP) is 2.66. The number of hydrogen-bond donors (Lipinski definition) is 2. The first kappa shape index (κ1) is 16.4. The van der Waals surface area contributed by atoms with E-state index in [4.69, 9.17) is 23.2 Å². The number of benzene rings is 1. The highest BCUT2D eigenvalue weighted by molar-refractivity contribution is 8.00. The number of rotatable bonds is 6. The van der Waals surface area contributed by atoms with Gasteiger partial charge in [-0.25, -0.2) is 13.1 Å². The molecule has 0 unspecified atom stereocenters. The van der Waals surface area contributed by atoms with Crippen LogP contribution in [0.5, 0.6) is 0 Å². The first-order valence-electron chi connectivity index (χ1n) is 5.97. The Balaban J connectivity index is 2.27. The van der Waals surface area contributed by atoms with E-state index in [-0.39, 0.29) is 26.3 Å². The van der Waals surface area contributed by atoms with Gasteiger partial charge in [-0.3, -0.25) is 0 Å². The van der Waals surface area contributed by atoms with Crippen molar-refractivity contribution < 1.29 is 13.5 Å². The number of sulfonamides is 1. The smallest absolute Gasteiger partial charge is 0.242 e. The van der Waals surface area contributed by atoms with Crippen LogP contribution in [0, 0.1) is 0 Å². The van der Waals surface area contributed by atoms with Crippen LogP contribution < -0.4 is 4.72 Å². The summed E-state index contributed by atoms with van der Waals surface area (Å²) in [5.41, 5.74) is 0.297. The Labute approximate surface area is 132 Å². The molecule has 0 amide bonds. The Morgan fingerprint density at radius 2 is 2.05 bits per heavy atom. The molecule has 2 rings (SSSR count). The number of aliphatic hydroxyl groups is 1. The minimum atomic E-state index is -3.74. The quantitative estimate of drug-likeness (QED) is 0.823. The molecule has 0 aliphatic heterocycles. The second kappa shape index (κ2) is 6.02. The Hall–Kier alpha value is 0.0200. The lowest BCUT2D eigenvalue weighted by Gasteiger charge is -2.15. The van der Waals surface area contributed by atoms with Crippen LogP contribution in [-0.4, -0.2) is 31.1 Å². The summed E-state index contributed by atoms with van der Waals surface area (Å²) in [7, 11) is -3.74. The highest BCUT2D eigenvalue weighted by atomic mass is 35.5. The molecule has 0 atom stereocenters. The fourth-order valence-electron chi connectivity index (χ4n) is 1.83. The highest BCUT2D eigenvalue weighted by Crippen LogP contribution is 2.46. The van der Waals surface area contributed by atoms with Gasteiger partial charge in [0, 0.05) is 16.3 Å². The van der Waals surface area contributed by atoms with Gasteiger partial charge in [0.25, 0.3) is 0 Å². The van der Waals surface area contributed by atoms with Crippen molar-refractivity contribution in [2.75, 3.05) is 12.8 Å². The largest absolute Gasteiger partial charge is 0.392 e. The van der Waals surface area contributed by atoms with E-state index in [9.17, 15) is 13.5 Å². The van der Waals surface area contributed by atoms with Crippen LogP contribution in [0.2, 0.25) is 10.0 Å². The molecule has 2 N–H and O–H groups in total. The summed E-state index contributed by atoms with van der Waals surface area (Å²) in [6, 6.07) is 2.75. The maximum atomic E-state index is 12.3. The summed E-state index contributed by atoms with van der Waals surface area (Å²) in [4.78, 5) is -0.0902. The van der Waals surface area contributed by atoms with Crippen molar-refractivity contribution in [1.82, 2.24) is 4.72 Å². The zero-order valence-corrected chi connectivity index (χ0v) is 14.0. The Kier molecular flexibility index (Phi) is 4.94. The summed E-state index contributed by atoms with van der Waals surface area (Å²) >= 11 is 13.6. The predicted molar refractivity (Wildman–Crippen MR) is 83.1 cm³/mol. The molecule has 1 aromatic carbocycles. The van der Waals surface area contributed by atoms with E-state index in [1.165, 1.54) is 12.1 Å². The van der Waals surface area contributed by atoms with Gasteiger partial charge in [-0.05, 0) is 36.8 Å². The van der Waals surface area contributed by atoms with Crippen LogP contribution in [0.3, 0.4) is 0 Å². The third-order valence-corrected chi connectivity index (χ3v) is 6.98. The molecule has 20 heavy (non-hydrogen) atoms. The molecule has 0 aromatic heterocycles. The van der Waals surface area contributed by atoms with Gasteiger partial charge in [-0.1, -0.05) is 23.2 Å². The lowest BCUT2D eigenvalue weighted by atomic mass is 10.2. The maximum absolute atomic E-state index is 12.3. The molecule has 0 spiro atoms. The van der Waals surface area contributed by atoms with Crippen molar-refractivity contribution >= 4 is 45.0 Å². The van der Waals surface area contributed by atoms with Crippen LogP contribution in [0.1, 0.15) is 18.4 Å². The number of thioether (sulfide) groups is 1. The number of halogens is 2. The topological polar surface area (TPSA) is 66.4 Å². The van der Waals surface area contributed by atoms with Gasteiger partial charge < -0.3 is 5.11 Å². The van der Waals surface area contributed by atoms with E-state index < -0.39 is 10.0 Å². The summed E-state index contributed by atoms with van der Waals surface area (Å²) in [6.45, 7) is 0.00443. The third-order valence-electron chi connectivity index (χ3n) is 3.36. The highest BCUT2D eigenvalue weighted by Gasteiger charge is 2.42. The van der Waals surface area contributed by atoms with Crippen LogP contribution in [-0.2, 0) is 16.6 Å². The van der Waals surface area contributed by atoms with E-state index in [0.717, 1.165) is 12.8 Å². The minimum absolute atomic E-state index is 0.0118. The molecule has 0 saturated heterocycles. The first-order valence-corrected chi connectivity index (χ1v) is 9.43. The number of nitrogens with one attached hydrogen (secondary N) is 1. The van der Waals surface area contributed by atoms with E-state index in [0.29, 0.717) is 12.1 Å². The molecule has 1 aliphatic rings. The van der Waals surface area contributed by atoms with Crippen LogP contribution in [0.25, 0.3) is 0 Å². The van der Waals surface area contributed by atoms with Crippen molar-refractivity contribution in [2.24, 2.45) is 0 Å². The van der Waals surface area contributed by atoms with Gasteiger partial charge in [0.05, 0.1) is 11.6 Å². The molecular weight excluding hydrogens is 341 g/mol.